The van der Waals surface area contributed by atoms with Gasteiger partial charge < -0.3 is 10.0 Å². The monoisotopic (exact) mass is 279 g/mol. The quantitative estimate of drug-likeness (QED) is 0.936. The average molecular weight is 279 g/mol. The Morgan fingerprint density at radius 1 is 1.26 bits per heavy atom. The lowest BCUT2D eigenvalue weighted by molar-refractivity contribution is -0.147. The van der Waals surface area contributed by atoms with Crippen LogP contribution < -0.4 is 0 Å². The van der Waals surface area contributed by atoms with Gasteiger partial charge in [-0.2, -0.15) is 8.73 Å². The molecule has 0 bridgehead atoms. The maximum Gasteiger partial charge on any atom is 0.329 e. The van der Waals surface area contributed by atoms with Gasteiger partial charge in [0.25, 0.3) is 5.91 Å². The second-order valence-corrected chi connectivity index (χ2v) is 5.22. The minimum Gasteiger partial charge on any atom is -0.480 e. The van der Waals surface area contributed by atoms with Crippen molar-refractivity contribution in [2.75, 3.05) is 7.05 Å². The van der Waals surface area contributed by atoms with E-state index in [0.29, 0.717) is 11.3 Å². The van der Waals surface area contributed by atoms with E-state index < -0.39 is 11.5 Å². The zero-order valence-electron chi connectivity index (χ0n) is 10.7. The maximum atomic E-state index is 12.3. The summed E-state index contributed by atoms with van der Waals surface area (Å²) in [6, 6.07) is 4.95. The molecule has 0 spiro atoms. The van der Waals surface area contributed by atoms with Crippen molar-refractivity contribution in [2.24, 2.45) is 8.73 Å². The zero-order valence-corrected chi connectivity index (χ0v) is 11.6. The molecule has 0 aliphatic carbocycles. The van der Waals surface area contributed by atoms with Gasteiger partial charge in [-0.3, -0.25) is 4.79 Å². The molecule has 1 aromatic carbocycles. The van der Waals surface area contributed by atoms with Gasteiger partial charge >= 0.3 is 5.97 Å². The molecule has 2 rings (SSSR count). The Morgan fingerprint density at radius 3 is 2.53 bits per heavy atom. The summed E-state index contributed by atoms with van der Waals surface area (Å²) in [7, 11) is 1.47. The van der Waals surface area contributed by atoms with Gasteiger partial charge in [-0.25, -0.2) is 4.79 Å². The molecule has 1 amide bonds. The summed E-state index contributed by atoms with van der Waals surface area (Å²) >= 11 is 1.07. The highest BCUT2D eigenvalue weighted by atomic mass is 32.1. The SMILES string of the molecule is CN(C(=O)c1ccc2c(c1)N=S=N2)C(C)(C)C(=O)O. The van der Waals surface area contributed by atoms with Crippen LogP contribution in [0.4, 0.5) is 11.4 Å². The molecule has 0 radical (unpaired) electrons. The summed E-state index contributed by atoms with van der Waals surface area (Å²) in [4.78, 5) is 24.6. The number of likely N-dealkylation sites (N-methyl/N-ethyl adjacent to an activating group) is 1. The number of amides is 1. The third kappa shape index (κ3) is 2.28. The molecule has 0 fully saturated rings. The molecule has 0 unspecified atom stereocenters. The van der Waals surface area contributed by atoms with Crippen LogP contribution in [0.1, 0.15) is 24.2 Å². The van der Waals surface area contributed by atoms with Crippen molar-refractivity contribution in [3.8, 4) is 0 Å². The second kappa shape index (κ2) is 4.58. The topological polar surface area (TPSA) is 82.3 Å². The van der Waals surface area contributed by atoms with Gasteiger partial charge in [0, 0.05) is 12.6 Å². The third-order valence-corrected chi connectivity index (χ3v) is 3.72. The van der Waals surface area contributed by atoms with Crippen LogP contribution in [-0.4, -0.2) is 34.5 Å². The van der Waals surface area contributed by atoms with Crippen molar-refractivity contribution < 1.29 is 14.7 Å². The van der Waals surface area contributed by atoms with Gasteiger partial charge in [0.1, 0.15) is 16.9 Å². The van der Waals surface area contributed by atoms with E-state index in [0.717, 1.165) is 17.0 Å². The van der Waals surface area contributed by atoms with E-state index in [1.165, 1.54) is 25.8 Å². The summed E-state index contributed by atoms with van der Waals surface area (Å²) in [6.07, 6.45) is 0. The first-order chi connectivity index (χ1) is 8.84. The number of carboxylic acid groups (broad SMARTS) is 1. The lowest BCUT2D eigenvalue weighted by Crippen LogP contribution is -2.50. The summed E-state index contributed by atoms with van der Waals surface area (Å²) in [5.41, 5.74) is 0.489. The number of carbonyl (C=O) groups excluding carboxylic acids is 1. The molecule has 1 aliphatic rings. The summed E-state index contributed by atoms with van der Waals surface area (Å²) < 4.78 is 8.11. The first kappa shape index (κ1) is 13.4. The van der Waals surface area contributed by atoms with Crippen LogP contribution >= 0.6 is 0 Å². The molecule has 0 atom stereocenters. The number of nitrogens with zero attached hydrogens (tertiary/aromatic N) is 3. The van der Waals surface area contributed by atoms with Crippen LogP contribution in [0.25, 0.3) is 0 Å². The minimum absolute atomic E-state index is 0.359. The van der Waals surface area contributed by atoms with E-state index in [9.17, 15) is 9.59 Å². The highest BCUT2D eigenvalue weighted by molar-refractivity contribution is 7.58. The predicted molar refractivity (Wildman–Crippen MR) is 71.8 cm³/mol. The van der Waals surface area contributed by atoms with E-state index >= 15 is 0 Å². The van der Waals surface area contributed by atoms with Crippen LogP contribution in [-0.2, 0) is 16.1 Å². The molecule has 1 heterocycles. The van der Waals surface area contributed by atoms with Crippen LogP contribution in [0.3, 0.4) is 0 Å². The van der Waals surface area contributed by atoms with E-state index in [2.05, 4.69) is 8.73 Å². The molecule has 19 heavy (non-hydrogen) atoms. The molecule has 6 nitrogen and oxygen atoms in total. The summed E-state index contributed by atoms with van der Waals surface area (Å²) in [6.45, 7) is 2.96. The standard InChI is InChI=1S/C12H13N3O3S/c1-12(2,11(17)18)15(3)10(16)7-4-5-8-9(6-7)14-19-13-8/h4-6H,1-3H3,(H,17,18). The highest BCUT2D eigenvalue weighted by Gasteiger charge is 2.35. The Kier molecular flexibility index (Phi) is 3.23. The molecule has 0 saturated heterocycles. The highest BCUT2D eigenvalue weighted by Crippen LogP contribution is 2.32. The Bertz CT molecular complexity index is 633. The lowest BCUT2D eigenvalue weighted by Gasteiger charge is -2.31. The third-order valence-electron chi connectivity index (χ3n) is 3.17. The minimum atomic E-state index is -1.27. The fraction of sp³-hybridized carbons (Fsp3) is 0.333. The van der Waals surface area contributed by atoms with Crippen molar-refractivity contribution in [1.82, 2.24) is 4.90 Å². The van der Waals surface area contributed by atoms with Gasteiger partial charge in [0.2, 0.25) is 0 Å². The average Bonchev–Trinajstić information content (AvgIpc) is 2.83. The van der Waals surface area contributed by atoms with Crippen LogP contribution in [0.2, 0.25) is 0 Å². The van der Waals surface area contributed by atoms with Crippen LogP contribution in [0.15, 0.2) is 26.9 Å². The Labute approximate surface area is 113 Å². The zero-order chi connectivity index (χ0) is 14.2. The van der Waals surface area contributed by atoms with Crippen molar-refractivity contribution in [3.63, 3.8) is 0 Å². The van der Waals surface area contributed by atoms with E-state index in [4.69, 9.17) is 5.11 Å². The van der Waals surface area contributed by atoms with E-state index in [1.807, 2.05) is 0 Å². The summed E-state index contributed by atoms with van der Waals surface area (Å²) in [5, 5.41) is 9.13. The van der Waals surface area contributed by atoms with E-state index in [1.54, 1.807) is 18.2 Å². The number of hydrogen-bond acceptors (Lipinski definition) is 4. The lowest BCUT2D eigenvalue weighted by atomic mass is 10.0. The van der Waals surface area contributed by atoms with E-state index in [-0.39, 0.29) is 5.91 Å². The fourth-order valence-corrected chi connectivity index (χ4v) is 2.02. The van der Waals surface area contributed by atoms with Gasteiger partial charge in [-0.1, -0.05) is 0 Å². The summed E-state index contributed by atoms with van der Waals surface area (Å²) in [5.74, 6) is -1.41. The Morgan fingerprint density at radius 2 is 1.89 bits per heavy atom. The Balaban J connectivity index is 2.30. The molecule has 7 heteroatoms. The number of benzene rings is 1. The van der Waals surface area contributed by atoms with Crippen LogP contribution in [0, 0.1) is 0 Å². The predicted octanol–water partition coefficient (Wildman–Crippen LogP) is 2.35. The molecule has 1 aromatic rings. The first-order valence-corrected chi connectivity index (χ1v) is 6.31. The number of aliphatic carboxylic acids is 1. The van der Waals surface area contributed by atoms with Crippen molar-refractivity contribution >= 4 is 34.6 Å². The largest absolute Gasteiger partial charge is 0.480 e. The van der Waals surface area contributed by atoms with Crippen molar-refractivity contribution in [2.45, 2.75) is 19.4 Å². The number of fused-ring (bicyclic) bond motifs is 1. The Hall–Kier alpha value is -2.02. The fourth-order valence-electron chi connectivity index (χ4n) is 1.51. The van der Waals surface area contributed by atoms with Crippen molar-refractivity contribution in [1.29, 1.82) is 0 Å². The van der Waals surface area contributed by atoms with Crippen molar-refractivity contribution in [3.05, 3.63) is 23.8 Å². The smallest absolute Gasteiger partial charge is 0.329 e. The molecule has 1 N–H and O–H groups in total. The van der Waals surface area contributed by atoms with Gasteiger partial charge in [0.15, 0.2) is 0 Å². The normalized spacial score (nSPS) is 12.8. The molecule has 0 aromatic heterocycles. The van der Waals surface area contributed by atoms with Gasteiger partial charge in [-0.05, 0) is 32.0 Å². The number of hydrogen-bond donors (Lipinski definition) is 1. The molecule has 100 valence electrons. The first-order valence-electron chi connectivity index (χ1n) is 5.58. The van der Waals surface area contributed by atoms with Crippen LogP contribution in [0.5, 0.6) is 0 Å². The number of carboxylic acids is 1. The number of rotatable bonds is 3. The molecular weight excluding hydrogens is 266 g/mol. The van der Waals surface area contributed by atoms with Gasteiger partial charge in [-0.15, -0.1) is 0 Å². The molecular formula is C12H13N3O3S. The molecule has 0 saturated carbocycles. The maximum absolute atomic E-state index is 12.3. The number of carbonyl (C=O) groups is 2. The second-order valence-electron chi connectivity index (χ2n) is 4.70. The van der Waals surface area contributed by atoms with Gasteiger partial charge in [0.05, 0.1) is 11.4 Å². The molecule has 1 aliphatic heterocycles.